The Balaban J connectivity index is 1.32. The zero-order valence-corrected chi connectivity index (χ0v) is 25.6. The smallest absolute Gasteiger partial charge is 0.240 e. The Morgan fingerprint density at radius 3 is 2.50 bits per heavy atom. The van der Waals surface area contributed by atoms with Gasteiger partial charge in [0.15, 0.2) is 5.13 Å². The zero-order valence-electron chi connectivity index (χ0n) is 24.0. The molecule has 0 radical (unpaired) electrons. The van der Waals surface area contributed by atoms with E-state index in [0.29, 0.717) is 33.7 Å². The molecule has 3 heterocycles. The number of benzene rings is 1. The fourth-order valence-corrected chi connectivity index (χ4v) is 7.33. The molecule has 2 atom stereocenters. The second kappa shape index (κ2) is 13.2. The number of nitrogens with one attached hydrogen (secondary N) is 2. The number of pyridine rings is 2. The molecule has 1 fully saturated rings. The van der Waals surface area contributed by atoms with Crippen LogP contribution in [-0.2, 0) is 14.8 Å². The zero-order chi connectivity index (χ0) is 29.7. The quantitative estimate of drug-likeness (QED) is 0.231. The Labute approximate surface area is 250 Å². The summed E-state index contributed by atoms with van der Waals surface area (Å²) >= 11 is 1.30. The Bertz CT molecular complexity index is 1600. The van der Waals surface area contributed by atoms with Gasteiger partial charge >= 0.3 is 0 Å². The Hall–Kier alpha value is -3.45. The number of amides is 1. The first-order valence-corrected chi connectivity index (χ1v) is 16.3. The van der Waals surface area contributed by atoms with E-state index < -0.39 is 15.9 Å². The van der Waals surface area contributed by atoms with E-state index in [1.165, 1.54) is 24.2 Å². The number of methoxy groups -OCH3 is 1. The normalized spacial score (nSPS) is 15.6. The van der Waals surface area contributed by atoms with Crippen LogP contribution < -0.4 is 14.8 Å². The van der Waals surface area contributed by atoms with Crippen LogP contribution in [0.3, 0.4) is 0 Å². The molecule has 0 spiro atoms. The third-order valence-corrected chi connectivity index (χ3v) is 10.1. The van der Waals surface area contributed by atoms with Gasteiger partial charge in [0.2, 0.25) is 21.8 Å². The first-order chi connectivity index (χ1) is 20.2. The maximum Gasteiger partial charge on any atom is 0.240 e. The van der Waals surface area contributed by atoms with Crippen molar-refractivity contribution in [2.75, 3.05) is 33.1 Å². The highest BCUT2D eigenvalue weighted by Crippen LogP contribution is 2.36. The third-order valence-electron chi connectivity index (χ3n) is 7.78. The van der Waals surface area contributed by atoms with Gasteiger partial charge in [-0.1, -0.05) is 55.2 Å². The van der Waals surface area contributed by atoms with Gasteiger partial charge in [0.1, 0.15) is 10.3 Å². The fraction of sp³-hybridized carbons (Fsp3) is 0.400. The SMILES string of the molecule is COc1ccc2nc(NC(=O)C(CC3CCCC3)c3ccc(S(=O)(=O)NCC(c4cccnc4)N(C)C)cc3)sc2n1. The Morgan fingerprint density at radius 2 is 1.83 bits per heavy atom. The van der Waals surface area contributed by atoms with E-state index in [9.17, 15) is 13.2 Å². The summed E-state index contributed by atoms with van der Waals surface area (Å²) in [7, 11) is 1.58. The highest BCUT2D eigenvalue weighted by atomic mass is 32.2. The molecule has 10 nitrogen and oxygen atoms in total. The molecule has 0 saturated heterocycles. The molecule has 3 aromatic heterocycles. The van der Waals surface area contributed by atoms with Crippen molar-refractivity contribution in [3.8, 4) is 5.88 Å². The highest BCUT2D eigenvalue weighted by molar-refractivity contribution is 7.89. The van der Waals surface area contributed by atoms with Gasteiger partial charge in [-0.2, -0.15) is 0 Å². The Kier molecular flexibility index (Phi) is 9.47. The summed E-state index contributed by atoms with van der Waals surface area (Å²) in [6.07, 6.45) is 8.65. The van der Waals surface area contributed by atoms with Crippen LogP contribution in [0.25, 0.3) is 10.3 Å². The van der Waals surface area contributed by atoms with Gasteiger partial charge in [0, 0.05) is 31.0 Å². The van der Waals surface area contributed by atoms with Crippen LogP contribution in [0.15, 0.2) is 65.8 Å². The van der Waals surface area contributed by atoms with Crippen LogP contribution in [0, 0.1) is 5.92 Å². The number of nitrogens with zero attached hydrogens (tertiary/aromatic N) is 4. The van der Waals surface area contributed by atoms with Crippen molar-refractivity contribution in [1.82, 2.24) is 24.6 Å². The molecule has 0 bridgehead atoms. The summed E-state index contributed by atoms with van der Waals surface area (Å²) < 4.78 is 34.4. The topological polar surface area (TPSA) is 126 Å². The second-order valence-electron chi connectivity index (χ2n) is 10.8. The molecular formula is C30H36N6O4S2. The number of rotatable bonds is 12. The molecule has 1 amide bonds. The average molecular weight is 609 g/mol. The summed E-state index contributed by atoms with van der Waals surface area (Å²) in [5.74, 6) is 0.340. The average Bonchev–Trinajstić information content (AvgIpc) is 3.65. The Morgan fingerprint density at radius 1 is 1.07 bits per heavy atom. The lowest BCUT2D eigenvalue weighted by atomic mass is 9.87. The van der Waals surface area contributed by atoms with E-state index in [1.807, 2.05) is 37.2 Å². The van der Waals surface area contributed by atoms with E-state index in [-0.39, 0.29) is 23.4 Å². The number of carbonyl (C=O) groups is 1. The van der Waals surface area contributed by atoms with E-state index >= 15 is 0 Å². The van der Waals surface area contributed by atoms with E-state index in [1.54, 1.807) is 49.8 Å². The maximum absolute atomic E-state index is 13.6. The summed E-state index contributed by atoms with van der Waals surface area (Å²) in [6, 6.07) is 13.8. The summed E-state index contributed by atoms with van der Waals surface area (Å²) in [4.78, 5) is 29.5. The summed E-state index contributed by atoms with van der Waals surface area (Å²) in [5.41, 5.74) is 2.38. The van der Waals surface area contributed by atoms with Gasteiger partial charge in [-0.15, -0.1) is 0 Å². The van der Waals surface area contributed by atoms with Gasteiger partial charge < -0.3 is 15.0 Å². The minimum Gasteiger partial charge on any atom is -0.481 e. The molecule has 2 unspecified atom stereocenters. The predicted octanol–water partition coefficient (Wildman–Crippen LogP) is 4.98. The maximum atomic E-state index is 13.6. The monoisotopic (exact) mass is 608 g/mol. The van der Waals surface area contributed by atoms with Crippen LogP contribution >= 0.6 is 11.3 Å². The number of sulfonamides is 1. The van der Waals surface area contributed by atoms with Crippen LogP contribution in [0.5, 0.6) is 5.88 Å². The van der Waals surface area contributed by atoms with Crippen LogP contribution in [0.1, 0.15) is 55.2 Å². The van der Waals surface area contributed by atoms with E-state index in [4.69, 9.17) is 4.74 Å². The minimum absolute atomic E-state index is 0.154. The van der Waals surface area contributed by atoms with Crippen molar-refractivity contribution in [1.29, 1.82) is 0 Å². The number of anilines is 1. The number of hydrogen-bond donors (Lipinski definition) is 2. The lowest BCUT2D eigenvalue weighted by Crippen LogP contribution is -2.34. The number of fused-ring (bicyclic) bond motifs is 1. The van der Waals surface area contributed by atoms with Crippen molar-refractivity contribution < 1.29 is 17.9 Å². The highest BCUT2D eigenvalue weighted by Gasteiger charge is 2.28. The molecule has 5 rings (SSSR count). The van der Waals surface area contributed by atoms with Crippen molar-refractivity contribution >= 4 is 42.7 Å². The first kappa shape index (κ1) is 30.0. The number of carbonyl (C=O) groups excluding carboxylic acids is 1. The fourth-order valence-electron chi connectivity index (χ4n) is 5.46. The molecule has 2 N–H and O–H groups in total. The largest absolute Gasteiger partial charge is 0.481 e. The van der Waals surface area contributed by atoms with Crippen molar-refractivity contribution in [2.24, 2.45) is 5.92 Å². The van der Waals surface area contributed by atoms with Crippen LogP contribution in [0.2, 0.25) is 0 Å². The molecular weight excluding hydrogens is 573 g/mol. The van der Waals surface area contributed by atoms with Crippen molar-refractivity contribution in [3.05, 3.63) is 72.1 Å². The third kappa shape index (κ3) is 7.12. The van der Waals surface area contributed by atoms with Gasteiger partial charge in [0.05, 0.1) is 17.9 Å². The summed E-state index contributed by atoms with van der Waals surface area (Å²) in [5, 5.41) is 3.46. The van der Waals surface area contributed by atoms with Gasteiger partial charge in [-0.25, -0.2) is 23.1 Å². The van der Waals surface area contributed by atoms with Crippen molar-refractivity contribution in [3.63, 3.8) is 0 Å². The molecule has 4 aromatic rings. The lowest BCUT2D eigenvalue weighted by Gasteiger charge is -2.24. The molecule has 1 aromatic carbocycles. The van der Waals surface area contributed by atoms with Crippen LogP contribution in [-0.4, -0.2) is 61.9 Å². The standard InChI is InChI=1S/C30H36N6O4S2/c1-36(2)26(22-9-6-16-31-18-22)19-32-42(38,39)23-12-10-21(11-13-23)24(17-20-7-4-5-8-20)28(37)35-30-33-25-14-15-27(40-3)34-29(25)41-30/h6,9-16,18,20,24,26,32H,4-5,7-8,17,19H2,1-3H3,(H,33,35,37). The molecule has 1 aliphatic rings. The summed E-state index contributed by atoms with van der Waals surface area (Å²) in [6.45, 7) is 0.193. The number of thiazole rings is 1. The van der Waals surface area contributed by atoms with Gasteiger partial charge in [-0.3, -0.25) is 9.78 Å². The number of aromatic nitrogens is 3. The van der Waals surface area contributed by atoms with E-state index in [2.05, 4.69) is 25.0 Å². The van der Waals surface area contributed by atoms with Gasteiger partial charge in [-0.05, 0) is 61.8 Å². The number of likely N-dealkylation sites (N-methyl/N-ethyl adjacent to an activating group) is 1. The second-order valence-corrected chi connectivity index (χ2v) is 13.6. The predicted molar refractivity (Wildman–Crippen MR) is 164 cm³/mol. The molecule has 1 aliphatic carbocycles. The number of hydrogen-bond acceptors (Lipinski definition) is 9. The molecule has 1 saturated carbocycles. The molecule has 42 heavy (non-hydrogen) atoms. The molecule has 222 valence electrons. The van der Waals surface area contributed by atoms with Crippen LogP contribution in [0.4, 0.5) is 5.13 Å². The lowest BCUT2D eigenvalue weighted by molar-refractivity contribution is -0.118. The molecule has 0 aliphatic heterocycles. The van der Waals surface area contributed by atoms with E-state index in [0.717, 1.165) is 24.0 Å². The van der Waals surface area contributed by atoms with Crippen molar-refractivity contribution in [2.45, 2.75) is 49.0 Å². The molecule has 12 heteroatoms. The van der Waals surface area contributed by atoms with Gasteiger partial charge in [0.25, 0.3) is 0 Å². The number of ether oxygens (including phenoxy) is 1. The minimum atomic E-state index is -3.77. The first-order valence-electron chi connectivity index (χ1n) is 14.0.